The Morgan fingerprint density at radius 3 is 2.62 bits per heavy atom. The molecule has 8 heteroatoms. The largest absolute Gasteiger partial charge is 0.343 e. The van der Waals surface area contributed by atoms with Gasteiger partial charge in [-0.15, -0.1) is 0 Å². The van der Waals surface area contributed by atoms with E-state index in [0.29, 0.717) is 24.6 Å². The number of H-pyrrole nitrogens is 2. The molecule has 3 heterocycles. The molecule has 0 saturated carbocycles. The van der Waals surface area contributed by atoms with Crippen LogP contribution in [0.1, 0.15) is 22.2 Å². The molecule has 4 rings (SSSR count). The maximum absolute atomic E-state index is 12.7. The van der Waals surface area contributed by atoms with E-state index in [4.69, 9.17) is 0 Å². The number of carbonyl (C=O) groups is 1. The maximum atomic E-state index is 12.7. The van der Waals surface area contributed by atoms with Crippen LogP contribution in [0.15, 0.2) is 41.3 Å². The van der Waals surface area contributed by atoms with Crippen LogP contribution in [0.25, 0.3) is 11.1 Å². The molecule has 0 unspecified atom stereocenters. The molecule has 1 aliphatic rings. The van der Waals surface area contributed by atoms with Gasteiger partial charge in [-0.2, -0.15) is 10.2 Å². The molecule has 122 valence electrons. The van der Waals surface area contributed by atoms with Crippen LogP contribution in [0.4, 0.5) is 0 Å². The van der Waals surface area contributed by atoms with Crippen molar-refractivity contribution in [2.75, 3.05) is 13.1 Å². The number of amides is 1. The Morgan fingerprint density at radius 2 is 1.96 bits per heavy atom. The van der Waals surface area contributed by atoms with Gasteiger partial charge in [0.2, 0.25) is 0 Å². The lowest BCUT2D eigenvalue weighted by Crippen LogP contribution is -2.49. The van der Waals surface area contributed by atoms with Gasteiger partial charge < -0.3 is 4.90 Å². The second-order valence-electron chi connectivity index (χ2n) is 5.88. The minimum absolute atomic E-state index is 0.0704. The highest BCUT2D eigenvalue weighted by Gasteiger charge is 2.36. The fraction of sp³-hybridized carbons (Fsp3) is 0.250. The number of likely N-dealkylation sites (tertiary alicyclic amines) is 1. The first kappa shape index (κ1) is 14.4. The molecule has 24 heavy (non-hydrogen) atoms. The average molecular weight is 324 g/mol. The van der Waals surface area contributed by atoms with Crippen molar-refractivity contribution < 1.29 is 4.79 Å². The Hall–Kier alpha value is -3.16. The molecule has 1 aromatic carbocycles. The highest BCUT2D eigenvalue weighted by molar-refractivity contribution is 5.99. The van der Waals surface area contributed by atoms with E-state index in [0.717, 1.165) is 11.1 Å². The topological polar surface area (TPSA) is 99.7 Å². The predicted octanol–water partition coefficient (Wildman–Crippen LogP) is 0.738. The van der Waals surface area contributed by atoms with Gasteiger partial charge in [0.05, 0.1) is 12.1 Å². The van der Waals surface area contributed by atoms with Crippen LogP contribution in [0, 0.1) is 0 Å². The van der Waals surface area contributed by atoms with Crippen molar-refractivity contribution in [2.24, 2.45) is 7.05 Å². The molecule has 8 nitrogen and oxygen atoms in total. The number of hydrogen-bond acceptors (Lipinski definition) is 4. The first-order valence-electron chi connectivity index (χ1n) is 7.64. The molecule has 0 radical (unpaired) electrons. The lowest BCUT2D eigenvalue weighted by atomic mass is 9.97. The van der Waals surface area contributed by atoms with Gasteiger partial charge in [0.25, 0.3) is 5.91 Å². The highest BCUT2D eigenvalue weighted by atomic mass is 16.2. The second-order valence-corrected chi connectivity index (χ2v) is 5.88. The van der Waals surface area contributed by atoms with E-state index >= 15 is 0 Å². The zero-order valence-corrected chi connectivity index (χ0v) is 13.1. The third kappa shape index (κ3) is 2.23. The lowest BCUT2D eigenvalue weighted by Gasteiger charge is -2.38. The number of aromatic nitrogens is 5. The molecule has 3 aromatic rings. The van der Waals surface area contributed by atoms with Crippen LogP contribution in [0.3, 0.4) is 0 Å². The quantitative estimate of drug-likeness (QED) is 0.742. The lowest BCUT2D eigenvalue weighted by molar-refractivity contribution is 0.0586. The summed E-state index contributed by atoms with van der Waals surface area (Å²) in [5.74, 6) is 0.654. The van der Waals surface area contributed by atoms with Gasteiger partial charge in [-0.1, -0.05) is 30.3 Å². The molecule has 1 saturated heterocycles. The molecular formula is C16H16N6O2. The normalized spacial score (nSPS) is 14.6. The summed E-state index contributed by atoms with van der Waals surface area (Å²) in [5.41, 5.74) is 1.97. The van der Waals surface area contributed by atoms with E-state index in [9.17, 15) is 9.59 Å². The van der Waals surface area contributed by atoms with Crippen LogP contribution in [0.5, 0.6) is 0 Å². The van der Waals surface area contributed by atoms with Gasteiger partial charge in [0.15, 0.2) is 0 Å². The zero-order chi connectivity index (χ0) is 16.7. The molecule has 0 bridgehead atoms. The summed E-state index contributed by atoms with van der Waals surface area (Å²) >= 11 is 0. The summed E-state index contributed by atoms with van der Waals surface area (Å²) in [4.78, 5) is 25.9. The van der Waals surface area contributed by atoms with Crippen molar-refractivity contribution in [3.8, 4) is 11.1 Å². The zero-order valence-electron chi connectivity index (χ0n) is 13.1. The molecule has 0 spiro atoms. The molecule has 2 aromatic heterocycles. The van der Waals surface area contributed by atoms with E-state index in [2.05, 4.69) is 20.4 Å². The van der Waals surface area contributed by atoms with Crippen molar-refractivity contribution in [2.45, 2.75) is 5.92 Å². The predicted molar refractivity (Wildman–Crippen MR) is 86.5 cm³/mol. The first-order chi connectivity index (χ1) is 11.6. The van der Waals surface area contributed by atoms with Crippen LogP contribution in [-0.4, -0.2) is 48.9 Å². The van der Waals surface area contributed by atoms with Crippen LogP contribution < -0.4 is 5.69 Å². The number of aromatic amines is 2. The van der Waals surface area contributed by atoms with E-state index in [1.165, 1.54) is 4.57 Å². The van der Waals surface area contributed by atoms with Crippen LogP contribution >= 0.6 is 0 Å². The van der Waals surface area contributed by atoms with Crippen molar-refractivity contribution in [3.63, 3.8) is 0 Å². The number of carbonyl (C=O) groups excluding carboxylic acids is 1. The monoisotopic (exact) mass is 324 g/mol. The molecule has 1 aliphatic heterocycles. The molecule has 1 fully saturated rings. The molecule has 0 atom stereocenters. The Kier molecular flexibility index (Phi) is 3.30. The summed E-state index contributed by atoms with van der Waals surface area (Å²) in [6.07, 6.45) is 1.66. The van der Waals surface area contributed by atoms with Gasteiger partial charge in [0.1, 0.15) is 11.5 Å². The third-order valence-electron chi connectivity index (χ3n) is 4.39. The Balaban J connectivity index is 1.52. The van der Waals surface area contributed by atoms with Gasteiger partial charge in [-0.05, 0) is 5.56 Å². The smallest absolute Gasteiger partial charge is 0.336 e. The van der Waals surface area contributed by atoms with E-state index in [1.807, 2.05) is 30.3 Å². The van der Waals surface area contributed by atoms with Crippen molar-refractivity contribution in [1.82, 2.24) is 29.9 Å². The summed E-state index contributed by atoms with van der Waals surface area (Å²) < 4.78 is 1.48. The first-order valence-corrected chi connectivity index (χ1v) is 7.64. The summed E-state index contributed by atoms with van der Waals surface area (Å²) in [7, 11) is 1.67. The van der Waals surface area contributed by atoms with Crippen LogP contribution in [-0.2, 0) is 7.05 Å². The number of rotatable bonds is 3. The van der Waals surface area contributed by atoms with Gasteiger partial charge in [-0.3, -0.25) is 14.5 Å². The Bertz CT molecular complexity index is 933. The Labute approximate surface area is 137 Å². The molecular weight excluding hydrogens is 308 g/mol. The van der Waals surface area contributed by atoms with Crippen molar-refractivity contribution >= 4 is 5.91 Å². The molecule has 0 aliphatic carbocycles. The summed E-state index contributed by atoms with van der Waals surface area (Å²) in [6.45, 7) is 1.06. The van der Waals surface area contributed by atoms with Gasteiger partial charge in [0, 0.05) is 25.7 Å². The highest BCUT2D eigenvalue weighted by Crippen LogP contribution is 2.28. The molecule has 1 amide bonds. The van der Waals surface area contributed by atoms with Crippen molar-refractivity contribution in [1.29, 1.82) is 0 Å². The fourth-order valence-corrected chi connectivity index (χ4v) is 2.98. The Morgan fingerprint density at radius 1 is 1.21 bits per heavy atom. The minimum atomic E-state index is -0.241. The maximum Gasteiger partial charge on any atom is 0.343 e. The van der Waals surface area contributed by atoms with Crippen LogP contribution in [0.2, 0.25) is 0 Å². The summed E-state index contributed by atoms with van der Waals surface area (Å²) in [6, 6.07) is 9.67. The van der Waals surface area contributed by atoms with Gasteiger partial charge >= 0.3 is 5.69 Å². The molecule has 2 N–H and O–H groups in total. The summed E-state index contributed by atoms with van der Waals surface area (Å²) in [5, 5.41) is 13.3. The van der Waals surface area contributed by atoms with Crippen molar-refractivity contribution in [3.05, 3.63) is 58.5 Å². The fourth-order valence-electron chi connectivity index (χ4n) is 2.98. The number of benzene rings is 1. The third-order valence-corrected chi connectivity index (χ3v) is 4.39. The van der Waals surface area contributed by atoms with E-state index < -0.39 is 0 Å². The minimum Gasteiger partial charge on any atom is -0.336 e. The van der Waals surface area contributed by atoms with E-state index in [-0.39, 0.29) is 17.5 Å². The number of nitrogens with one attached hydrogen (secondary N) is 2. The SMILES string of the molecule is Cn1c(C2CN(C(=O)c3[nH]ncc3-c3ccccc3)C2)n[nH]c1=O. The number of nitrogens with zero attached hydrogens (tertiary/aromatic N) is 4. The average Bonchev–Trinajstić information content (AvgIpc) is 3.16. The van der Waals surface area contributed by atoms with E-state index in [1.54, 1.807) is 18.1 Å². The number of hydrogen-bond donors (Lipinski definition) is 2. The standard InChI is InChI=1S/C16H16N6O2/c1-21-14(19-20-16(21)24)11-8-22(9-11)15(23)13-12(7-17-18-13)10-5-3-2-4-6-10/h2-7,11H,8-9H2,1H3,(H,17,18)(H,20,24). The second kappa shape index (κ2) is 5.48. The van der Waals surface area contributed by atoms with Gasteiger partial charge in [-0.25, -0.2) is 9.89 Å².